The van der Waals surface area contributed by atoms with E-state index in [4.69, 9.17) is 0 Å². The first-order valence-electron chi connectivity index (χ1n) is 8.79. The molecule has 1 atom stereocenters. The summed E-state index contributed by atoms with van der Waals surface area (Å²) in [5.41, 5.74) is -0.390. The summed E-state index contributed by atoms with van der Waals surface area (Å²) in [7, 11) is 0. The maximum absolute atomic E-state index is 12.5. The van der Waals surface area contributed by atoms with Crippen molar-refractivity contribution in [2.45, 2.75) is 38.8 Å². The summed E-state index contributed by atoms with van der Waals surface area (Å²) in [5, 5.41) is 5.27. The molecule has 0 unspecified atom stereocenters. The molecule has 1 saturated heterocycles. The zero-order valence-corrected chi connectivity index (χ0v) is 14.5. The van der Waals surface area contributed by atoms with E-state index in [1.54, 1.807) is 0 Å². The number of halogens is 3. The highest BCUT2D eigenvalue weighted by Crippen LogP contribution is 2.29. The minimum absolute atomic E-state index is 0.341. The summed E-state index contributed by atoms with van der Waals surface area (Å²) < 4.78 is 37.4. The average Bonchev–Trinajstić information content (AvgIpc) is 2.54. The normalized spacial score (nSPS) is 18.8. The van der Waals surface area contributed by atoms with Crippen LogP contribution in [-0.2, 0) is 6.18 Å². The van der Waals surface area contributed by atoms with Gasteiger partial charge in [-0.25, -0.2) is 4.79 Å². The Morgan fingerprint density at radius 3 is 2.60 bits per heavy atom. The molecule has 1 heterocycles. The number of hydrogen-bond acceptors (Lipinski definition) is 2. The van der Waals surface area contributed by atoms with E-state index in [0.29, 0.717) is 12.2 Å². The topological polar surface area (TPSA) is 44.4 Å². The van der Waals surface area contributed by atoms with Crippen molar-refractivity contribution >= 4 is 11.7 Å². The number of rotatable bonds is 6. The second kappa shape index (κ2) is 9.08. The Morgan fingerprint density at radius 2 is 1.96 bits per heavy atom. The number of alkyl halides is 3. The molecule has 2 amide bonds. The second-order valence-corrected chi connectivity index (χ2v) is 6.71. The van der Waals surface area contributed by atoms with Crippen molar-refractivity contribution in [3.8, 4) is 0 Å². The van der Waals surface area contributed by atoms with Crippen LogP contribution in [0.2, 0.25) is 0 Å². The molecular weight excluding hydrogens is 331 g/mol. The lowest BCUT2D eigenvalue weighted by molar-refractivity contribution is -0.137. The van der Waals surface area contributed by atoms with Gasteiger partial charge in [-0.2, -0.15) is 13.2 Å². The number of carbonyl (C=O) groups excluding carboxylic acids is 1. The number of benzene rings is 1. The third kappa shape index (κ3) is 6.94. The maximum Gasteiger partial charge on any atom is 0.416 e. The van der Waals surface area contributed by atoms with E-state index < -0.39 is 17.8 Å². The monoisotopic (exact) mass is 357 g/mol. The van der Waals surface area contributed by atoms with E-state index in [-0.39, 0.29) is 0 Å². The number of carbonyl (C=O) groups is 1. The molecule has 0 aromatic heterocycles. The minimum Gasteiger partial charge on any atom is -0.338 e. The standard InChI is InChI=1S/C18H26F3N3O/c1-14-5-4-12-24(13-14)11-3-2-10-22-17(25)23-16-8-6-15(7-9-16)18(19,20)21/h6-9,14H,2-5,10-13H2,1H3,(H2,22,23,25)/t14-/m1/s1. The molecule has 140 valence electrons. The van der Waals surface area contributed by atoms with Crippen molar-refractivity contribution in [2.24, 2.45) is 5.92 Å². The van der Waals surface area contributed by atoms with Gasteiger partial charge in [0.25, 0.3) is 0 Å². The maximum atomic E-state index is 12.5. The van der Waals surface area contributed by atoms with Crippen LogP contribution in [0, 0.1) is 5.92 Å². The summed E-state index contributed by atoms with van der Waals surface area (Å²) in [6.07, 6.45) is 0.0999. The number of piperidine rings is 1. The van der Waals surface area contributed by atoms with Crippen LogP contribution in [0.15, 0.2) is 24.3 Å². The lowest BCUT2D eigenvalue weighted by atomic mass is 10.0. The molecule has 1 aromatic rings. The summed E-state index contributed by atoms with van der Waals surface area (Å²) >= 11 is 0. The van der Waals surface area contributed by atoms with Gasteiger partial charge in [-0.15, -0.1) is 0 Å². The molecule has 2 rings (SSSR count). The zero-order valence-electron chi connectivity index (χ0n) is 14.5. The average molecular weight is 357 g/mol. The molecule has 25 heavy (non-hydrogen) atoms. The number of hydrogen-bond donors (Lipinski definition) is 2. The largest absolute Gasteiger partial charge is 0.416 e. The zero-order chi connectivity index (χ0) is 18.3. The lowest BCUT2D eigenvalue weighted by Crippen LogP contribution is -2.35. The van der Waals surface area contributed by atoms with Crippen LogP contribution < -0.4 is 10.6 Å². The van der Waals surface area contributed by atoms with Gasteiger partial charge in [0.1, 0.15) is 0 Å². The Balaban J connectivity index is 1.61. The van der Waals surface area contributed by atoms with Crippen LogP contribution >= 0.6 is 0 Å². The summed E-state index contributed by atoms with van der Waals surface area (Å²) in [4.78, 5) is 14.2. The Labute approximate surface area is 146 Å². The van der Waals surface area contributed by atoms with E-state index in [2.05, 4.69) is 22.5 Å². The molecule has 7 heteroatoms. The number of nitrogens with one attached hydrogen (secondary N) is 2. The molecule has 0 radical (unpaired) electrons. The van der Waals surface area contributed by atoms with Gasteiger partial charge in [0.15, 0.2) is 0 Å². The van der Waals surface area contributed by atoms with Crippen molar-refractivity contribution in [3.63, 3.8) is 0 Å². The van der Waals surface area contributed by atoms with E-state index in [9.17, 15) is 18.0 Å². The van der Waals surface area contributed by atoms with Gasteiger partial charge >= 0.3 is 12.2 Å². The van der Waals surface area contributed by atoms with Crippen LogP contribution in [0.25, 0.3) is 0 Å². The third-order valence-electron chi connectivity index (χ3n) is 4.40. The number of urea groups is 1. The molecule has 0 spiro atoms. The predicted molar refractivity (Wildman–Crippen MR) is 92.5 cm³/mol. The van der Waals surface area contributed by atoms with Crippen LogP contribution in [0.4, 0.5) is 23.7 Å². The Bertz CT molecular complexity index is 545. The lowest BCUT2D eigenvalue weighted by Gasteiger charge is -2.30. The second-order valence-electron chi connectivity index (χ2n) is 6.71. The van der Waals surface area contributed by atoms with Crippen molar-refractivity contribution in [3.05, 3.63) is 29.8 Å². The molecule has 1 fully saturated rings. The summed E-state index contributed by atoms with van der Waals surface area (Å²) in [5.74, 6) is 0.765. The van der Waals surface area contributed by atoms with Gasteiger partial charge in [0.2, 0.25) is 0 Å². The van der Waals surface area contributed by atoms with Gasteiger partial charge in [-0.05, 0) is 69.0 Å². The molecule has 1 aliphatic heterocycles. The fourth-order valence-corrected chi connectivity index (χ4v) is 3.07. The molecule has 1 aliphatic rings. The highest BCUT2D eigenvalue weighted by Gasteiger charge is 2.29. The van der Waals surface area contributed by atoms with Crippen LogP contribution in [0.5, 0.6) is 0 Å². The number of likely N-dealkylation sites (tertiary alicyclic amines) is 1. The predicted octanol–water partition coefficient (Wildman–Crippen LogP) is 4.34. The van der Waals surface area contributed by atoms with E-state index in [0.717, 1.165) is 50.5 Å². The van der Waals surface area contributed by atoms with E-state index in [1.807, 2.05) is 0 Å². The van der Waals surface area contributed by atoms with Gasteiger partial charge in [0, 0.05) is 18.8 Å². The first kappa shape index (κ1) is 19.6. The fraction of sp³-hybridized carbons (Fsp3) is 0.611. The van der Waals surface area contributed by atoms with Crippen LogP contribution in [0.3, 0.4) is 0 Å². The molecule has 2 N–H and O–H groups in total. The highest BCUT2D eigenvalue weighted by molar-refractivity contribution is 5.89. The van der Waals surface area contributed by atoms with Gasteiger partial charge in [-0.3, -0.25) is 0 Å². The van der Waals surface area contributed by atoms with E-state index in [1.165, 1.54) is 25.0 Å². The molecule has 0 aliphatic carbocycles. The van der Waals surface area contributed by atoms with Crippen LogP contribution in [0.1, 0.15) is 38.2 Å². The quantitative estimate of drug-likeness (QED) is 0.744. The first-order valence-corrected chi connectivity index (χ1v) is 8.79. The third-order valence-corrected chi connectivity index (χ3v) is 4.40. The van der Waals surface area contributed by atoms with Gasteiger partial charge < -0.3 is 15.5 Å². The molecule has 4 nitrogen and oxygen atoms in total. The van der Waals surface area contributed by atoms with Crippen molar-refractivity contribution < 1.29 is 18.0 Å². The first-order chi connectivity index (χ1) is 11.8. The molecule has 1 aromatic carbocycles. The molecule has 0 bridgehead atoms. The SMILES string of the molecule is C[C@@H]1CCCN(CCCCNC(=O)Nc2ccc(C(F)(F)F)cc2)C1. The summed E-state index contributed by atoms with van der Waals surface area (Å²) in [6, 6.07) is 4.01. The Morgan fingerprint density at radius 1 is 1.24 bits per heavy atom. The van der Waals surface area contributed by atoms with Crippen molar-refractivity contribution in [2.75, 3.05) is 31.5 Å². The highest BCUT2D eigenvalue weighted by atomic mass is 19.4. The Kier molecular flexibility index (Phi) is 7.11. The number of anilines is 1. The fourth-order valence-electron chi connectivity index (χ4n) is 3.07. The molecule has 0 saturated carbocycles. The van der Waals surface area contributed by atoms with Crippen molar-refractivity contribution in [1.29, 1.82) is 0 Å². The number of amides is 2. The number of unbranched alkanes of at least 4 members (excludes halogenated alkanes) is 1. The smallest absolute Gasteiger partial charge is 0.338 e. The Hall–Kier alpha value is -1.76. The summed E-state index contributed by atoms with van der Waals surface area (Å²) in [6.45, 7) is 6.19. The number of nitrogens with zero attached hydrogens (tertiary/aromatic N) is 1. The van der Waals surface area contributed by atoms with Gasteiger partial charge in [0.05, 0.1) is 5.56 Å². The van der Waals surface area contributed by atoms with Crippen LogP contribution in [-0.4, -0.2) is 37.1 Å². The van der Waals surface area contributed by atoms with Gasteiger partial charge in [-0.1, -0.05) is 6.92 Å². The van der Waals surface area contributed by atoms with Crippen molar-refractivity contribution in [1.82, 2.24) is 10.2 Å². The minimum atomic E-state index is -4.37. The molecular formula is C18H26F3N3O. The van der Waals surface area contributed by atoms with E-state index >= 15 is 0 Å².